The van der Waals surface area contributed by atoms with E-state index in [0.717, 1.165) is 48.3 Å². The van der Waals surface area contributed by atoms with Gasteiger partial charge in [0.1, 0.15) is 23.0 Å². The molecule has 0 N–H and O–H groups in total. The molecule has 2 aliphatic heterocycles. The number of rotatable bonds is 10. The van der Waals surface area contributed by atoms with Gasteiger partial charge in [0.25, 0.3) is 0 Å². The van der Waals surface area contributed by atoms with Crippen molar-refractivity contribution in [1.29, 1.82) is 0 Å². The van der Waals surface area contributed by atoms with Crippen LogP contribution in [0.15, 0.2) is 72.8 Å². The van der Waals surface area contributed by atoms with E-state index in [0.29, 0.717) is 57.1 Å². The molecule has 4 aromatic carbocycles. The van der Waals surface area contributed by atoms with Crippen LogP contribution in [0.5, 0.6) is 23.0 Å². The molecule has 2 aliphatic rings. The molecular weight excluding hydrogens is 504 g/mol. The van der Waals surface area contributed by atoms with Gasteiger partial charge in [0.15, 0.2) is 0 Å². The van der Waals surface area contributed by atoms with Crippen molar-refractivity contribution in [3.63, 3.8) is 0 Å². The highest BCUT2D eigenvalue weighted by Gasteiger charge is 2.30. The molecule has 0 saturated heterocycles. The van der Waals surface area contributed by atoms with E-state index in [9.17, 15) is 9.59 Å². The van der Waals surface area contributed by atoms with Crippen molar-refractivity contribution >= 4 is 33.9 Å². The first-order valence-corrected chi connectivity index (χ1v) is 13.8. The second kappa shape index (κ2) is 10.9. The second-order valence-electron chi connectivity index (χ2n) is 9.96. The van der Waals surface area contributed by atoms with Crippen LogP contribution in [0.2, 0.25) is 0 Å². The van der Waals surface area contributed by atoms with Crippen LogP contribution in [-0.2, 0) is 9.59 Å². The maximum absolute atomic E-state index is 13.0. The third-order valence-electron chi connectivity index (χ3n) is 7.26. The van der Waals surface area contributed by atoms with Gasteiger partial charge in [-0.25, -0.2) is 9.59 Å². The van der Waals surface area contributed by atoms with E-state index < -0.39 is 11.9 Å². The lowest BCUT2D eigenvalue weighted by Gasteiger charge is -2.06. The lowest BCUT2D eigenvalue weighted by Crippen LogP contribution is -2.08. The van der Waals surface area contributed by atoms with Gasteiger partial charge >= 0.3 is 11.9 Å². The number of benzene rings is 4. The van der Waals surface area contributed by atoms with Gasteiger partial charge in [-0.2, -0.15) is 0 Å². The highest BCUT2D eigenvalue weighted by atomic mass is 16.5. The minimum atomic E-state index is -0.409. The number of hydrogen-bond donors (Lipinski definition) is 0. The zero-order valence-electron chi connectivity index (χ0n) is 22.6. The van der Waals surface area contributed by atoms with Gasteiger partial charge in [-0.15, -0.1) is 0 Å². The number of ether oxygens (including phenoxy) is 4. The SMILES string of the molecule is CCCCOc1ccc(C2=c3ccc4c5c(ccc4c3OC2=O)=C(c2ccc(OCCCC)cc2)C(=O)O5)cc1. The molecule has 6 heteroatoms. The Morgan fingerprint density at radius 3 is 1.32 bits per heavy atom. The van der Waals surface area contributed by atoms with E-state index in [4.69, 9.17) is 18.9 Å². The minimum Gasteiger partial charge on any atom is -0.494 e. The molecule has 0 bridgehead atoms. The van der Waals surface area contributed by atoms with Crippen LogP contribution in [0, 0.1) is 0 Å². The fourth-order valence-electron chi connectivity index (χ4n) is 5.12. The van der Waals surface area contributed by atoms with Gasteiger partial charge < -0.3 is 18.9 Å². The number of carbonyl (C=O) groups is 2. The summed E-state index contributed by atoms with van der Waals surface area (Å²) >= 11 is 0. The maximum Gasteiger partial charge on any atom is 0.344 e. The predicted octanol–water partition coefficient (Wildman–Crippen LogP) is 5.43. The number of esters is 2. The number of fused-ring (bicyclic) bond motifs is 5. The van der Waals surface area contributed by atoms with Crippen molar-refractivity contribution in [2.24, 2.45) is 0 Å². The molecule has 0 amide bonds. The zero-order chi connectivity index (χ0) is 27.6. The molecule has 6 rings (SSSR count). The zero-order valence-corrected chi connectivity index (χ0v) is 22.6. The minimum absolute atomic E-state index is 0.409. The van der Waals surface area contributed by atoms with Gasteiger partial charge in [-0.05, 0) is 72.5 Å². The van der Waals surface area contributed by atoms with Crippen molar-refractivity contribution < 1.29 is 28.5 Å². The van der Waals surface area contributed by atoms with Crippen LogP contribution in [0.1, 0.15) is 50.7 Å². The van der Waals surface area contributed by atoms with E-state index in [1.54, 1.807) is 0 Å². The highest BCUT2D eigenvalue weighted by molar-refractivity contribution is 6.23. The molecule has 0 aromatic heterocycles. The first kappa shape index (κ1) is 25.7. The number of hydrogen-bond acceptors (Lipinski definition) is 6. The molecule has 0 saturated carbocycles. The highest BCUT2D eigenvalue weighted by Crippen LogP contribution is 2.35. The lowest BCUT2D eigenvalue weighted by atomic mass is 9.99. The molecule has 0 unspecified atom stereocenters. The molecule has 2 heterocycles. The van der Waals surface area contributed by atoms with E-state index in [1.165, 1.54) is 0 Å². The Labute approximate surface area is 232 Å². The summed E-state index contributed by atoms with van der Waals surface area (Å²) in [5.41, 5.74) is 2.53. The van der Waals surface area contributed by atoms with Gasteiger partial charge in [0.05, 0.1) is 24.4 Å². The van der Waals surface area contributed by atoms with E-state index in [2.05, 4.69) is 13.8 Å². The Kier molecular flexibility index (Phi) is 6.99. The average Bonchev–Trinajstić information content (AvgIpc) is 3.49. The third kappa shape index (κ3) is 4.60. The average molecular weight is 535 g/mol. The Balaban J connectivity index is 1.38. The Morgan fingerprint density at radius 2 is 0.950 bits per heavy atom. The molecule has 202 valence electrons. The van der Waals surface area contributed by atoms with Crippen molar-refractivity contribution in [3.8, 4) is 23.0 Å². The fourth-order valence-corrected chi connectivity index (χ4v) is 5.12. The number of carbonyl (C=O) groups excluding carboxylic acids is 2. The summed E-state index contributed by atoms with van der Waals surface area (Å²) in [6, 6.07) is 22.5. The second-order valence-corrected chi connectivity index (χ2v) is 9.96. The van der Waals surface area contributed by atoms with Gasteiger partial charge in [0.2, 0.25) is 0 Å². The molecule has 4 aromatic rings. The molecule has 40 heavy (non-hydrogen) atoms. The van der Waals surface area contributed by atoms with Crippen LogP contribution >= 0.6 is 0 Å². The summed E-state index contributed by atoms with van der Waals surface area (Å²) in [5.74, 6) is 1.67. The van der Waals surface area contributed by atoms with Crippen molar-refractivity contribution in [1.82, 2.24) is 0 Å². The summed E-state index contributed by atoms with van der Waals surface area (Å²) < 4.78 is 23.1. The van der Waals surface area contributed by atoms with Gasteiger partial charge in [-0.3, -0.25) is 0 Å². The molecule has 0 aliphatic carbocycles. The third-order valence-corrected chi connectivity index (χ3v) is 7.26. The normalized spacial score (nSPS) is 13.8. The van der Waals surface area contributed by atoms with E-state index >= 15 is 0 Å². The fraction of sp³-hybridized carbons (Fsp3) is 0.235. The summed E-state index contributed by atoms with van der Waals surface area (Å²) in [6.07, 6.45) is 4.11. The summed E-state index contributed by atoms with van der Waals surface area (Å²) in [4.78, 5) is 26.0. The molecule has 0 radical (unpaired) electrons. The largest absolute Gasteiger partial charge is 0.494 e. The van der Waals surface area contributed by atoms with Crippen LogP contribution in [-0.4, -0.2) is 25.2 Å². The van der Waals surface area contributed by atoms with Gasteiger partial charge in [0, 0.05) is 21.2 Å². The van der Waals surface area contributed by atoms with E-state index in [1.807, 2.05) is 72.8 Å². The monoisotopic (exact) mass is 534 g/mol. The van der Waals surface area contributed by atoms with Crippen LogP contribution < -0.4 is 29.4 Å². The standard InChI is InChI=1S/C34H30O6/c1-3-5-19-37-23-11-7-21(8-12-23)29-27-17-15-26-25(31(27)39-33(29)35)16-18-28-30(34(36)40-32(26)28)22-9-13-24(14-10-22)38-20-6-4-2/h7-18H,3-6,19-20H2,1-2H3. The Bertz CT molecular complexity index is 1600. The summed E-state index contributed by atoms with van der Waals surface area (Å²) in [5, 5.41) is 2.86. The number of unbranched alkanes of at least 4 members (excludes halogenated alkanes) is 2. The van der Waals surface area contributed by atoms with Crippen LogP contribution in [0.4, 0.5) is 0 Å². The molecule has 0 spiro atoms. The first-order valence-electron chi connectivity index (χ1n) is 13.8. The lowest BCUT2D eigenvalue weighted by molar-refractivity contribution is -0.128. The summed E-state index contributed by atoms with van der Waals surface area (Å²) in [7, 11) is 0. The van der Waals surface area contributed by atoms with Gasteiger partial charge in [-0.1, -0.05) is 51.0 Å². The van der Waals surface area contributed by atoms with Crippen molar-refractivity contribution in [2.45, 2.75) is 39.5 Å². The Hall–Kier alpha value is -4.58. The Morgan fingerprint density at radius 1 is 0.550 bits per heavy atom. The summed E-state index contributed by atoms with van der Waals surface area (Å²) in [6.45, 7) is 5.57. The molecular formula is C34H30O6. The topological polar surface area (TPSA) is 71.1 Å². The van der Waals surface area contributed by atoms with Crippen LogP contribution in [0.25, 0.3) is 21.9 Å². The quantitative estimate of drug-likeness (QED) is 0.153. The van der Waals surface area contributed by atoms with Crippen molar-refractivity contribution in [2.75, 3.05) is 13.2 Å². The smallest absolute Gasteiger partial charge is 0.344 e. The van der Waals surface area contributed by atoms with Crippen molar-refractivity contribution in [3.05, 3.63) is 94.4 Å². The predicted molar refractivity (Wildman–Crippen MR) is 153 cm³/mol. The van der Waals surface area contributed by atoms with E-state index in [-0.39, 0.29) is 0 Å². The molecule has 6 nitrogen and oxygen atoms in total. The maximum atomic E-state index is 13.0. The first-order chi connectivity index (χ1) is 19.6. The molecule has 0 fully saturated rings. The molecule has 0 atom stereocenters. The van der Waals surface area contributed by atoms with Crippen LogP contribution in [0.3, 0.4) is 0 Å².